The Hall–Kier alpha value is -2.57. The van der Waals surface area contributed by atoms with Gasteiger partial charge in [0, 0.05) is 10.0 Å². The number of aryl methyl sites for hydroxylation is 1. The molecule has 4 nitrogen and oxygen atoms in total. The van der Waals surface area contributed by atoms with Gasteiger partial charge in [0.15, 0.2) is 5.11 Å². The summed E-state index contributed by atoms with van der Waals surface area (Å²) in [6.45, 7) is 1.88. The number of hydrogen-bond acceptors (Lipinski definition) is 3. The van der Waals surface area contributed by atoms with Crippen LogP contribution < -0.4 is 10.6 Å². The average Bonchev–Trinajstić information content (AvgIpc) is 2.65. The minimum Gasteiger partial charge on any atom is -0.317 e. The number of nitrogens with zero attached hydrogens (tertiary/aromatic N) is 1. The highest BCUT2D eigenvalue weighted by Gasteiger charge is 2.09. The molecule has 0 saturated carbocycles. The van der Waals surface area contributed by atoms with Gasteiger partial charge < -0.3 is 5.32 Å². The van der Waals surface area contributed by atoms with Crippen LogP contribution in [0.2, 0.25) is 0 Å². The molecule has 0 atom stereocenters. The Morgan fingerprint density at radius 3 is 2.27 bits per heavy atom. The lowest BCUT2D eigenvalue weighted by Crippen LogP contribution is -2.34. The maximum Gasteiger partial charge on any atom is 0.257 e. The Bertz CT molecular complexity index is 943. The van der Waals surface area contributed by atoms with Gasteiger partial charge >= 0.3 is 0 Å². The van der Waals surface area contributed by atoms with Crippen LogP contribution >= 0.6 is 28.1 Å². The first kappa shape index (κ1) is 18.2. The largest absolute Gasteiger partial charge is 0.317 e. The molecule has 0 fully saturated rings. The predicted molar refractivity (Wildman–Crippen MR) is 112 cm³/mol. The summed E-state index contributed by atoms with van der Waals surface area (Å²) in [5.74, 6) is 0.311. The normalized spacial score (nSPS) is 10.2. The van der Waals surface area contributed by atoms with E-state index in [1.807, 2.05) is 55.5 Å². The van der Waals surface area contributed by atoms with Gasteiger partial charge in [0.1, 0.15) is 5.82 Å². The summed E-state index contributed by atoms with van der Waals surface area (Å²) in [4.78, 5) is 16.7. The molecule has 6 heteroatoms. The summed E-state index contributed by atoms with van der Waals surface area (Å²) in [6.07, 6.45) is 0. The van der Waals surface area contributed by atoms with Crippen molar-refractivity contribution in [2.75, 3.05) is 5.32 Å². The smallest absolute Gasteiger partial charge is 0.257 e. The van der Waals surface area contributed by atoms with Crippen molar-refractivity contribution in [2.45, 2.75) is 6.92 Å². The molecule has 1 amide bonds. The number of nitrogens with one attached hydrogen (secondary N) is 2. The minimum absolute atomic E-state index is 0.205. The summed E-state index contributed by atoms with van der Waals surface area (Å²) in [5.41, 5.74) is 3.53. The van der Waals surface area contributed by atoms with E-state index in [-0.39, 0.29) is 11.0 Å². The second kappa shape index (κ2) is 8.21. The number of carbonyl (C=O) groups excluding carboxylic acids is 1. The molecule has 130 valence electrons. The van der Waals surface area contributed by atoms with E-state index >= 15 is 0 Å². The van der Waals surface area contributed by atoms with Crippen LogP contribution in [0.3, 0.4) is 0 Å². The van der Waals surface area contributed by atoms with Gasteiger partial charge in [-0.15, -0.1) is 0 Å². The number of hydrogen-bond donors (Lipinski definition) is 2. The van der Waals surface area contributed by atoms with Gasteiger partial charge in [0.2, 0.25) is 0 Å². The molecule has 2 aromatic carbocycles. The molecule has 0 aliphatic rings. The number of aromatic nitrogens is 1. The van der Waals surface area contributed by atoms with Crippen LogP contribution in [0.4, 0.5) is 5.82 Å². The van der Waals surface area contributed by atoms with Crippen LogP contribution in [0.15, 0.2) is 71.2 Å². The van der Waals surface area contributed by atoms with Gasteiger partial charge in [-0.05, 0) is 70.5 Å². The summed E-state index contributed by atoms with van der Waals surface area (Å²) in [6, 6.07) is 21.0. The van der Waals surface area contributed by atoms with E-state index in [2.05, 4.69) is 31.5 Å². The topological polar surface area (TPSA) is 54.0 Å². The quantitative estimate of drug-likeness (QED) is 0.583. The third-order valence-corrected chi connectivity index (χ3v) is 4.79. The maximum absolute atomic E-state index is 12.3. The van der Waals surface area contributed by atoms with E-state index in [4.69, 9.17) is 12.2 Å². The fourth-order valence-electron chi connectivity index (χ4n) is 2.38. The van der Waals surface area contributed by atoms with Gasteiger partial charge in [-0.25, -0.2) is 4.98 Å². The van der Waals surface area contributed by atoms with Crippen molar-refractivity contribution < 1.29 is 4.79 Å². The van der Waals surface area contributed by atoms with Crippen molar-refractivity contribution in [1.82, 2.24) is 10.3 Å². The molecule has 2 N–H and O–H groups in total. The van der Waals surface area contributed by atoms with Gasteiger partial charge in [0.05, 0.1) is 5.69 Å². The molecule has 3 aromatic rings. The second-order valence-corrected chi connectivity index (χ2v) is 6.88. The zero-order chi connectivity index (χ0) is 18.5. The molecule has 1 heterocycles. The third kappa shape index (κ3) is 4.53. The Kier molecular flexibility index (Phi) is 5.75. The van der Waals surface area contributed by atoms with Crippen LogP contribution in [-0.2, 0) is 0 Å². The van der Waals surface area contributed by atoms with E-state index < -0.39 is 0 Å². The summed E-state index contributed by atoms with van der Waals surface area (Å²) in [5, 5.41) is 5.79. The summed E-state index contributed by atoms with van der Waals surface area (Å²) >= 11 is 8.59. The Balaban J connectivity index is 1.64. The molecule has 0 radical (unpaired) electrons. The van der Waals surface area contributed by atoms with Crippen LogP contribution in [0.1, 0.15) is 16.1 Å². The highest BCUT2D eigenvalue weighted by Crippen LogP contribution is 2.19. The number of halogens is 1. The van der Waals surface area contributed by atoms with Crippen LogP contribution in [0.5, 0.6) is 0 Å². The average molecular weight is 426 g/mol. The van der Waals surface area contributed by atoms with Crippen molar-refractivity contribution in [3.05, 3.63) is 82.5 Å². The van der Waals surface area contributed by atoms with E-state index in [1.165, 1.54) is 0 Å². The van der Waals surface area contributed by atoms with E-state index in [9.17, 15) is 4.79 Å². The third-order valence-electron chi connectivity index (χ3n) is 3.74. The molecule has 0 spiro atoms. The van der Waals surface area contributed by atoms with E-state index in [0.717, 1.165) is 21.3 Å². The standard InChI is InChI=1S/C20H16BrN3OS/c1-13-17(21)11-12-18(22-13)23-20(26)24-19(25)16-9-7-15(8-10-16)14-5-3-2-4-6-14/h2-12H,1H3,(H2,22,23,24,25,26). The lowest BCUT2D eigenvalue weighted by atomic mass is 10.0. The van der Waals surface area contributed by atoms with Crippen molar-refractivity contribution in [1.29, 1.82) is 0 Å². The summed E-state index contributed by atoms with van der Waals surface area (Å²) in [7, 11) is 0. The van der Waals surface area contributed by atoms with Crippen LogP contribution in [-0.4, -0.2) is 16.0 Å². The highest BCUT2D eigenvalue weighted by atomic mass is 79.9. The first-order chi connectivity index (χ1) is 12.5. The maximum atomic E-state index is 12.3. The number of anilines is 1. The fraction of sp³-hybridized carbons (Fsp3) is 0.0500. The Morgan fingerprint density at radius 2 is 1.62 bits per heavy atom. The fourth-order valence-corrected chi connectivity index (χ4v) is 2.80. The molecule has 0 bridgehead atoms. The van der Waals surface area contributed by atoms with Crippen molar-refractivity contribution in [3.63, 3.8) is 0 Å². The SMILES string of the molecule is Cc1nc(NC(=S)NC(=O)c2ccc(-c3ccccc3)cc2)ccc1Br. The Labute approximate surface area is 165 Å². The zero-order valence-corrected chi connectivity index (χ0v) is 16.4. The van der Waals surface area contributed by atoms with Crippen molar-refractivity contribution in [2.24, 2.45) is 0 Å². The van der Waals surface area contributed by atoms with Gasteiger partial charge in [0.25, 0.3) is 5.91 Å². The molecule has 3 rings (SSSR count). The number of rotatable bonds is 3. The molecule has 0 aliphatic carbocycles. The second-order valence-electron chi connectivity index (χ2n) is 5.62. The van der Waals surface area contributed by atoms with Crippen LogP contribution in [0.25, 0.3) is 11.1 Å². The molecular formula is C20H16BrN3OS. The lowest BCUT2D eigenvalue weighted by Gasteiger charge is -2.10. The lowest BCUT2D eigenvalue weighted by molar-refractivity contribution is 0.0978. The monoisotopic (exact) mass is 425 g/mol. The minimum atomic E-state index is -0.268. The molecule has 0 unspecified atom stereocenters. The predicted octanol–water partition coefficient (Wildman–Crippen LogP) is 4.95. The number of thiocarbonyl (C=S) groups is 1. The molecule has 0 saturated heterocycles. The molecular weight excluding hydrogens is 410 g/mol. The number of benzene rings is 2. The van der Waals surface area contributed by atoms with Crippen molar-refractivity contribution in [3.8, 4) is 11.1 Å². The number of pyridine rings is 1. The van der Waals surface area contributed by atoms with Gasteiger partial charge in [-0.3, -0.25) is 10.1 Å². The van der Waals surface area contributed by atoms with E-state index in [0.29, 0.717) is 11.4 Å². The molecule has 1 aromatic heterocycles. The molecule has 0 aliphatic heterocycles. The first-order valence-corrected chi connectivity index (χ1v) is 9.14. The zero-order valence-electron chi connectivity index (χ0n) is 14.0. The number of carbonyl (C=O) groups is 1. The number of amides is 1. The van der Waals surface area contributed by atoms with Crippen molar-refractivity contribution >= 4 is 45.0 Å². The summed E-state index contributed by atoms with van der Waals surface area (Å²) < 4.78 is 0.913. The van der Waals surface area contributed by atoms with Gasteiger partial charge in [-0.1, -0.05) is 42.5 Å². The Morgan fingerprint density at radius 1 is 0.962 bits per heavy atom. The van der Waals surface area contributed by atoms with Crippen LogP contribution in [0, 0.1) is 6.92 Å². The first-order valence-electron chi connectivity index (χ1n) is 7.94. The van der Waals surface area contributed by atoms with E-state index in [1.54, 1.807) is 18.2 Å². The van der Waals surface area contributed by atoms with Gasteiger partial charge in [-0.2, -0.15) is 0 Å². The molecule has 26 heavy (non-hydrogen) atoms. The highest BCUT2D eigenvalue weighted by molar-refractivity contribution is 9.10.